The van der Waals surface area contributed by atoms with Gasteiger partial charge < -0.3 is 9.47 Å². The van der Waals surface area contributed by atoms with Crippen molar-refractivity contribution in [3.05, 3.63) is 0 Å². The summed E-state index contributed by atoms with van der Waals surface area (Å²) >= 11 is 0. The number of hydrazine groups is 1. The van der Waals surface area contributed by atoms with Gasteiger partial charge in [0.1, 0.15) is 6.04 Å². The number of rotatable bonds is 4. The minimum Gasteiger partial charge on any atom is -0.383 e. The molecule has 1 saturated heterocycles. The number of nitrogens with two attached hydrogens (primary N) is 1. The van der Waals surface area contributed by atoms with E-state index in [9.17, 15) is 4.79 Å². The smallest absolute Gasteiger partial charge is 0.253 e. The number of ether oxygens (including phenoxy) is 2. The predicted octanol–water partition coefficient (Wildman–Crippen LogP) is -0.898. The number of nitrogens with zero attached hydrogens (tertiary/aromatic N) is 1. The Morgan fingerprint density at radius 2 is 2.38 bits per heavy atom. The van der Waals surface area contributed by atoms with Crippen molar-refractivity contribution in [2.45, 2.75) is 25.5 Å². The van der Waals surface area contributed by atoms with Crippen molar-refractivity contribution < 1.29 is 14.3 Å². The summed E-state index contributed by atoms with van der Waals surface area (Å²) in [4.78, 5) is 13.7. The van der Waals surface area contributed by atoms with Crippen LogP contribution >= 0.6 is 0 Å². The normalized spacial score (nSPS) is 22.8. The molecule has 1 unspecified atom stereocenters. The monoisotopic (exact) mass is 231 g/mol. The molecule has 94 valence electrons. The molecule has 6 heteroatoms. The summed E-state index contributed by atoms with van der Waals surface area (Å²) in [6, 6.07) is -0.349. The van der Waals surface area contributed by atoms with Gasteiger partial charge in [-0.1, -0.05) is 0 Å². The first kappa shape index (κ1) is 13.4. The third kappa shape index (κ3) is 3.41. The lowest BCUT2D eigenvalue weighted by Crippen LogP contribution is -2.58. The molecule has 0 aliphatic carbocycles. The van der Waals surface area contributed by atoms with Crippen LogP contribution < -0.4 is 11.3 Å². The average molecular weight is 231 g/mol. The molecule has 1 atom stereocenters. The Morgan fingerprint density at radius 1 is 1.69 bits per heavy atom. The highest BCUT2D eigenvalue weighted by Crippen LogP contribution is 2.18. The number of methoxy groups -OCH3 is 1. The maximum atomic E-state index is 11.6. The molecule has 6 nitrogen and oxygen atoms in total. The van der Waals surface area contributed by atoms with Crippen LogP contribution in [0.1, 0.15) is 13.8 Å². The van der Waals surface area contributed by atoms with Crippen LogP contribution in [0.2, 0.25) is 0 Å². The predicted molar refractivity (Wildman–Crippen MR) is 59.6 cm³/mol. The number of carbonyl (C=O) groups excluding carboxylic acids is 1. The van der Waals surface area contributed by atoms with Crippen LogP contribution in [-0.2, 0) is 14.3 Å². The highest BCUT2D eigenvalue weighted by molar-refractivity contribution is 5.81. The van der Waals surface area contributed by atoms with Gasteiger partial charge in [-0.05, 0) is 13.8 Å². The summed E-state index contributed by atoms with van der Waals surface area (Å²) in [5, 5.41) is 0. The fraction of sp³-hybridized carbons (Fsp3) is 0.900. The SMILES string of the molecule is COCC(C(=O)NN)N1CCOC(C)(C)C1. The van der Waals surface area contributed by atoms with Gasteiger partial charge >= 0.3 is 0 Å². The highest BCUT2D eigenvalue weighted by Gasteiger charge is 2.34. The number of hydrogen-bond donors (Lipinski definition) is 2. The average Bonchev–Trinajstić information content (AvgIpc) is 2.23. The summed E-state index contributed by atoms with van der Waals surface area (Å²) in [6.07, 6.45) is 0. The van der Waals surface area contributed by atoms with Crippen LogP contribution in [0.3, 0.4) is 0 Å². The van der Waals surface area contributed by atoms with Gasteiger partial charge in [0.25, 0.3) is 5.91 Å². The van der Waals surface area contributed by atoms with Gasteiger partial charge in [0.2, 0.25) is 0 Å². The summed E-state index contributed by atoms with van der Waals surface area (Å²) in [5.41, 5.74) is 1.94. The standard InChI is InChI=1S/C10H21N3O3/c1-10(2)7-13(4-5-16-10)8(6-15-3)9(14)12-11/h8H,4-7,11H2,1-3H3,(H,12,14). The summed E-state index contributed by atoms with van der Waals surface area (Å²) in [5.74, 6) is 4.94. The molecule has 1 aliphatic rings. The van der Waals surface area contributed by atoms with E-state index in [1.807, 2.05) is 18.7 Å². The van der Waals surface area contributed by atoms with E-state index in [4.69, 9.17) is 15.3 Å². The summed E-state index contributed by atoms with van der Waals surface area (Å²) < 4.78 is 10.6. The van der Waals surface area contributed by atoms with Crippen LogP contribution in [0.25, 0.3) is 0 Å². The number of nitrogens with one attached hydrogen (secondary N) is 1. The molecule has 3 N–H and O–H groups in total. The molecule has 0 saturated carbocycles. The van der Waals surface area contributed by atoms with E-state index in [1.165, 1.54) is 0 Å². The Balaban J connectivity index is 2.66. The Morgan fingerprint density at radius 3 is 2.88 bits per heavy atom. The fourth-order valence-electron chi connectivity index (χ4n) is 1.92. The van der Waals surface area contributed by atoms with Crippen LogP contribution in [0, 0.1) is 0 Å². The molecule has 0 spiro atoms. The van der Waals surface area contributed by atoms with Crippen molar-refractivity contribution in [3.63, 3.8) is 0 Å². The van der Waals surface area contributed by atoms with Crippen molar-refractivity contribution >= 4 is 5.91 Å². The van der Waals surface area contributed by atoms with Gasteiger partial charge in [-0.2, -0.15) is 0 Å². The van der Waals surface area contributed by atoms with Crippen LogP contribution in [0.15, 0.2) is 0 Å². The van der Waals surface area contributed by atoms with E-state index in [1.54, 1.807) is 7.11 Å². The van der Waals surface area contributed by atoms with E-state index in [-0.39, 0.29) is 17.6 Å². The molecule has 0 aromatic heterocycles. The lowest BCUT2D eigenvalue weighted by molar-refractivity contribution is -0.138. The van der Waals surface area contributed by atoms with Gasteiger partial charge in [-0.15, -0.1) is 0 Å². The summed E-state index contributed by atoms with van der Waals surface area (Å²) in [6.45, 7) is 6.36. The molecular weight excluding hydrogens is 210 g/mol. The van der Waals surface area contributed by atoms with Gasteiger partial charge in [-0.3, -0.25) is 15.1 Å². The minimum absolute atomic E-state index is 0.223. The fourth-order valence-corrected chi connectivity index (χ4v) is 1.92. The second kappa shape index (κ2) is 5.58. The molecule has 0 aromatic carbocycles. The number of amides is 1. The van der Waals surface area contributed by atoms with Crippen LogP contribution in [0.4, 0.5) is 0 Å². The van der Waals surface area contributed by atoms with Gasteiger partial charge in [-0.25, -0.2) is 5.84 Å². The molecular formula is C10H21N3O3. The Labute approximate surface area is 96.0 Å². The van der Waals surface area contributed by atoms with Crippen molar-refractivity contribution in [1.82, 2.24) is 10.3 Å². The second-order valence-electron chi connectivity index (χ2n) is 4.56. The van der Waals surface area contributed by atoms with E-state index >= 15 is 0 Å². The number of hydrogen-bond acceptors (Lipinski definition) is 5. The van der Waals surface area contributed by atoms with Crippen LogP contribution in [0.5, 0.6) is 0 Å². The quantitative estimate of drug-likeness (QED) is 0.372. The third-order valence-corrected chi connectivity index (χ3v) is 2.67. The lowest BCUT2D eigenvalue weighted by atomic mass is 10.1. The zero-order valence-corrected chi connectivity index (χ0v) is 10.2. The van der Waals surface area contributed by atoms with Crippen LogP contribution in [-0.4, -0.2) is 55.9 Å². The first-order valence-electron chi connectivity index (χ1n) is 5.37. The molecule has 0 radical (unpaired) electrons. The number of morpholine rings is 1. The van der Waals surface area contributed by atoms with Gasteiger partial charge in [0.05, 0.1) is 18.8 Å². The summed E-state index contributed by atoms with van der Waals surface area (Å²) in [7, 11) is 1.57. The Kier molecular flexibility index (Phi) is 4.67. The first-order valence-corrected chi connectivity index (χ1v) is 5.37. The molecule has 1 heterocycles. The molecule has 1 fully saturated rings. The molecule has 1 aliphatic heterocycles. The topological polar surface area (TPSA) is 76.8 Å². The maximum absolute atomic E-state index is 11.6. The van der Waals surface area contributed by atoms with E-state index in [2.05, 4.69) is 5.43 Å². The zero-order valence-electron chi connectivity index (χ0n) is 10.2. The van der Waals surface area contributed by atoms with Crippen molar-refractivity contribution in [2.24, 2.45) is 5.84 Å². The molecule has 0 aromatic rings. The molecule has 1 amide bonds. The van der Waals surface area contributed by atoms with E-state index < -0.39 is 0 Å². The Hall–Kier alpha value is -0.690. The van der Waals surface area contributed by atoms with Crippen molar-refractivity contribution in [3.8, 4) is 0 Å². The first-order chi connectivity index (χ1) is 7.50. The van der Waals surface area contributed by atoms with Crippen molar-refractivity contribution in [1.29, 1.82) is 0 Å². The van der Waals surface area contributed by atoms with Gasteiger partial charge in [0, 0.05) is 20.2 Å². The van der Waals surface area contributed by atoms with Gasteiger partial charge in [0.15, 0.2) is 0 Å². The van der Waals surface area contributed by atoms with Crippen molar-refractivity contribution in [2.75, 3.05) is 33.4 Å². The molecule has 16 heavy (non-hydrogen) atoms. The van der Waals surface area contributed by atoms with E-state index in [0.29, 0.717) is 26.3 Å². The zero-order chi connectivity index (χ0) is 12.2. The highest BCUT2D eigenvalue weighted by atomic mass is 16.5. The molecule has 0 bridgehead atoms. The lowest BCUT2D eigenvalue weighted by Gasteiger charge is -2.41. The molecule has 1 rings (SSSR count). The number of carbonyl (C=O) groups is 1. The largest absolute Gasteiger partial charge is 0.383 e. The minimum atomic E-state index is -0.349. The maximum Gasteiger partial charge on any atom is 0.253 e. The van der Waals surface area contributed by atoms with E-state index in [0.717, 1.165) is 0 Å². The third-order valence-electron chi connectivity index (χ3n) is 2.67. The Bertz CT molecular complexity index is 245. The second-order valence-corrected chi connectivity index (χ2v) is 4.56.